The van der Waals surface area contributed by atoms with E-state index in [-0.39, 0.29) is 0 Å². The smallest absolute Gasteiger partial charge is 0.124 e. The number of rotatable bonds is 4. The van der Waals surface area contributed by atoms with Crippen molar-refractivity contribution >= 4 is 11.3 Å². The molecule has 2 rings (SSSR count). The maximum atomic E-state index is 4.54. The minimum Gasteiger partial charge on any atom is -0.312 e. The van der Waals surface area contributed by atoms with E-state index >= 15 is 0 Å². The van der Waals surface area contributed by atoms with Crippen LogP contribution < -0.4 is 5.32 Å². The van der Waals surface area contributed by atoms with Crippen molar-refractivity contribution in [1.29, 1.82) is 0 Å². The second-order valence-corrected chi connectivity index (χ2v) is 5.29. The molecule has 0 saturated heterocycles. The van der Waals surface area contributed by atoms with E-state index in [2.05, 4.69) is 49.3 Å². The molecule has 0 aliphatic heterocycles. The molecule has 17 heavy (non-hydrogen) atoms. The lowest BCUT2D eigenvalue weighted by Crippen LogP contribution is -2.10. The van der Waals surface area contributed by atoms with Crippen LogP contribution in [0.4, 0.5) is 0 Å². The van der Waals surface area contributed by atoms with Gasteiger partial charge in [0.15, 0.2) is 0 Å². The Morgan fingerprint density at radius 3 is 2.59 bits per heavy atom. The molecule has 1 aromatic heterocycles. The summed E-state index contributed by atoms with van der Waals surface area (Å²) in [6.07, 6.45) is 1.98. The quantitative estimate of drug-likeness (QED) is 0.892. The van der Waals surface area contributed by atoms with Crippen molar-refractivity contribution in [3.63, 3.8) is 0 Å². The summed E-state index contributed by atoms with van der Waals surface area (Å²) in [5.74, 6) is 0. The zero-order chi connectivity index (χ0) is 12.3. The van der Waals surface area contributed by atoms with Crippen LogP contribution in [0.15, 0.2) is 24.4 Å². The standard InChI is InChI=1S/C14H18N2S/c1-4-15-8-12-9-16-14(17-12)13-10(2)6-5-7-11(13)3/h5-7,9,15H,4,8H2,1-3H3. The first-order valence-corrected chi connectivity index (χ1v) is 6.76. The molecule has 3 heteroatoms. The lowest BCUT2D eigenvalue weighted by Gasteiger charge is -2.05. The first kappa shape index (κ1) is 12.3. The highest BCUT2D eigenvalue weighted by Gasteiger charge is 2.09. The Bertz CT molecular complexity index is 482. The Labute approximate surface area is 107 Å². The first-order chi connectivity index (χ1) is 8.22. The van der Waals surface area contributed by atoms with Gasteiger partial charge in [0.1, 0.15) is 5.01 Å². The van der Waals surface area contributed by atoms with E-state index in [9.17, 15) is 0 Å². The zero-order valence-corrected chi connectivity index (χ0v) is 11.4. The monoisotopic (exact) mass is 246 g/mol. The molecule has 1 heterocycles. The van der Waals surface area contributed by atoms with E-state index in [4.69, 9.17) is 0 Å². The molecule has 1 aromatic carbocycles. The maximum Gasteiger partial charge on any atom is 0.124 e. The third-order valence-electron chi connectivity index (χ3n) is 2.80. The maximum absolute atomic E-state index is 4.54. The van der Waals surface area contributed by atoms with Crippen LogP contribution in [-0.2, 0) is 6.54 Å². The second-order valence-electron chi connectivity index (χ2n) is 4.18. The summed E-state index contributed by atoms with van der Waals surface area (Å²) in [4.78, 5) is 5.84. The molecule has 2 nitrogen and oxygen atoms in total. The summed E-state index contributed by atoms with van der Waals surface area (Å²) in [6, 6.07) is 6.39. The fourth-order valence-electron chi connectivity index (χ4n) is 1.90. The molecule has 0 amide bonds. The van der Waals surface area contributed by atoms with Gasteiger partial charge in [-0.2, -0.15) is 0 Å². The van der Waals surface area contributed by atoms with Crippen LogP contribution in [0, 0.1) is 13.8 Å². The summed E-state index contributed by atoms with van der Waals surface area (Å²) >= 11 is 1.78. The van der Waals surface area contributed by atoms with Gasteiger partial charge < -0.3 is 5.32 Å². The Balaban J connectivity index is 2.30. The lowest BCUT2D eigenvalue weighted by molar-refractivity contribution is 0.734. The van der Waals surface area contributed by atoms with Gasteiger partial charge in [0.25, 0.3) is 0 Å². The van der Waals surface area contributed by atoms with Gasteiger partial charge in [-0.15, -0.1) is 11.3 Å². The van der Waals surface area contributed by atoms with Crippen LogP contribution in [0.2, 0.25) is 0 Å². The molecule has 1 N–H and O–H groups in total. The third-order valence-corrected chi connectivity index (χ3v) is 3.81. The molecule has 90 valence electrons. The van der Waals surface area contributed by atoms with Crippen LogP contribution >= 0.6 is 11.3 Å². The zero-order valence-electron chi connectivity index (χ0n) is 10.6. The molecule has 0 atom stereocenters. The summed E-state index contributed by atoms with van der Waals surface area (Å²) in [5.41, 5.74) is 3.89. The molecule has 0 spiro atoms. The van der Waals surface area contributed by atoms with Crippen molar-refractivity contribution in [1.82, 2.24) is 10.3 Å². The molecule has 0 aliphatic carbocycles. The molecule has 0 unspecified atom stereocenters. The molecular formula is C14H18N2S. The SMILES string of the molecule is CCNCc1cnc(-c2c(C)cccc2C)s1. The topological polar surface area (TPSA) is 24.9 Å². The van der Waals surface area contributed by atoms with Crippen LogP contribution in [-0.4, -0.2) is 11.5 Å². The lowest BCUT2D eigenvalue weighted by atomic mass is 10.0. The second kappa shape index (κ2) is 5.43. The van der Waals surface area contributed by atoms with E-state index in [1.807, 2.05) is 6.20 Å². The minimum atomic E-state index is 0.916. The van der Waals surface area contributed by atoms with Gasteiger partial charge in [-0.05, 0) is 31.5 Å². The van der Waals surface area contributed by atoms with Crippen molar-refractivity contribution in [2.45, 2.75) is 27.3 Å². The Morgan fingerprint density at radius 2 is 1.94 bits per heavy atom. The molecule has 0 fully saturated rings. The van der Waals surface area contributed by atoms with Gasteiger partial charge in [0.2, 0.25) is 0 Å². The molecule has 2 aromatic rings. The van der Waals surface area contributed by atoms with Crippen molar-refractivity contribution < 1.29 is 0 Å². The number of hydrogen-bond acceptors (Lipinski definition) is 3. The predicted octanol–water partition coefficient (Wildman–Crippen LogP) is 3.54. The normalized spacial score (nSPS) is 10.8. The van der Waals surface area contributed by atoms with Crippen molar-refractivity contribution in [2.24, 2.45) is 0 Å². The van der Waals surface area contributed by atoms with Gasteiger partial charge in [0.05, 0.1) is 0 Å². The van der Waals surface area contributed by atoms with E-state index in [0.29, 0.717) is 0 Å². The highest BCUT2D eigenvalue weighted by atomic mass is 32.1. The van der Waals surface area contributed by atoms with Gasteiger partial charge in [0, 0.05) is 23.2 Å². The highest BCUT2D eigenvalue weighted by molar-refractivity contribution is 7.15. The Kier molecular flexibility index (Phi) is 3.92. The number of nitrogens with one attached hydrogen (secondary N) is 1. The molecule has 0 bridgehead atoms. The van der Waals surface area contributed by atoms with E-state index in [1.54, 1.807) is 11.3 Å². The first-order valence-electron chi connectivity index (χ1n) is 5.94. The number of hydrogen-bond donors (Lipinski definition) is 1. The Hall–Kier alpha value is -1.19. The average Bonchev–Trinajstić information content (AvgIpc) is 2.75. The van der Waals surface area contributed by atoms with Gasteiger partial charge in [-0.3, -0.25) is 0 Å². The Morgan fingerprint density at radius 1 is 1.24 bits per heavy atom. The summed E-state index contributed by atoms with van der Waals surface area (Å²) in [7, 11) is 0. The number of aryl methyl sites for hydroxylation is 2. The molecule has 0 saturated carbocycles. The molecule has 0 radical (unpaired) electrons. The number of aromatic nitrogens is 1. The van der Waals surface area contributed by atoms with Gasteiger partial charge in [-0.25, -0.2) is 4.98 Å². The van der Waals surface area contributed by atoms with E-state index in [1.165, 1.54) is 21.6 Å². The van der Waals surface area contributed by atoms with Crippen LogP contribution in [0.5, 0.6) is 0 Å². The largest absolute Gasteiger partial charge is 0.312 e. The van der Waals surface area contributed by atoms with Gasteiger partial charge >= 0.3 is 0 Å². The highest BCUT2D eigenvalue weighted by Crippen LogP contribution is 2.30. The number of thiazole rings is 1. The average molecular weight is 246 g/mol. The number of nitrogens with zero attached hydrogens (tertiary/aromatic N) is 1. The van der Waals surface area contributed by atoms with Crippen LogP contribution in [0.25, 0.3) is 10.6 Å². The van der Waals surface area contributed by atoms with Crippen LogP contribution in [0.1, 0.15) is 22.9 Å². The predicted molar refractivity (Wildman–Crippen MR) is 74.4 cm³/mol. The van der Waals surface area contributed by atoms with E-state index < -0.39 is 0 Å². The summed E-state index contributed by atoms with van der Waals surface area (Å²) < 4.78 is 0. The van der Waals surface area contributed by atoms with Crippen molar-refractivity contribution in [3.8, 4) is 10.6 Å². The van der Waals surface area contributed by atoms with E-state index in [0.717, 1.165) is 18.1 Å². The fourth-order valence-corrected chi connectivity index (χ4v) is 2.96. The molecule has 0 aliphatic rings. The fraction of sp³-hybridized carbons (Fsp3) is 0.357. The van der Waals surface area contributed by atoms with Crippen molar-refractivity contribution in [2.75, 3.05) is 6.54 Å². The van der Waals surface area contributed by atoms with Gasteiger partial charge in [-0.1, -0.05) is 25.1 Å². The van der Waals surface area contributed by atoms with Crippen molar-refractivity contribution in [3.05, 3.63) is 40.4 Å². The summed E-state index contributed by atoms with van der Waals surface area (Å²) in [6.45, 7) is 8.32. The third kappa shape index (κ3) is 2.73. The summed E-state index contributed by atoms with van der Waals surface area (Å²) in [5, 5.41) is 4.46. The minimum absolute atomic E-state index is 0.916. The van der Waals surface area contributed by atoms with Crippen LogP contribution in [0.3, 0.4) is 0 Å². The number of benzene rings is 1. The molecular weight excluding hydrogens is 228 g/mol.